The third-order valence-electron chi connectivity index (χ3n) is 1.78. The molecule has 0 aromatic carbocycles. The number of carbonyl (C=O) groups is 2. The van der Waals surface area contributed by atoms with Gasteiger partial charge in [-0.2, -0.15) is 5.10 Å². The molecular weight excluding hydrogens is 196 g/mol. The molecule has 5 heteroatoms. The molecule has 0 atom stereocenters. The van der Waals surface area contributed by atoms with Crippen LogP contribution in [-0.2, 0) is 11.2 Å². The van der Waals surface area contributed by atoms with E-state index >= 15 is 0 Å². The quantitative estimate of drug-likeness (QED) is 0.581. The van der Waals surface area contributed by atoms with Crippen LogP contribution in [0.25, 0.3) is 0 Å². The molecule has 0 saturated carbocycles. The molecule has 0 amide bonds. The number of rotatable bonds is 3. The summed E-state index contributed by atoms with van der Waals surface area (Å²) in [6.45, 7) is 6.14. The highest BCUT2D eigenvalue weighted by atomic mass is 16.4. The van der Waals surface area contributed by atoms with Gasteiger partial charge >= 0.3 is 5.97 Å². The third kappa shape index (κ3) is 3.19. The number of nitrogens with zero attached hydrogens (tertiary/aromatic N) is 1. The fourth-order valence-corrected chi connectivity index (χ4v) is 1.25. The Labute approximate surface area is 87.5 Å². The first-order valence-electron chi connectivity index (χ1n) is 4.61. The highest BCUT2D eigenvalue weighted by Crippen LogP contribution is 2.19. The van der Waals surface area contributed by atoms with Gasteiger partial charge in [0.05, 0.1) is 0 Å². The Morgan fingerprint density at radius 3 is 2.53 bits per heavy atom. The second-order valence-electron chi connectivity index (χ2n) is 4.65. The van der Waals surface area contributed by atoms with Gasteiger partial charge < -0.3 is 5.11 Å². The van der Waals surface area contributed by atoms with E-state index in [1.807, 2.05) is 20.8 Å². The van der Waals surface area contributed by atoms with Gasteiger partial charge in [-0.25, -0.2) is 4.79 Å². The fraction of sp³-hybridized carbons (Fsp3) is 0.500. The zero-order valence-electron chi connectivity index (χ0n) is 9.00. The molecule has 5 nitrogen and oxygen atoms in total. The van der Waals surface area contributed by atoms with Crippen molar-refractivity contribution in [1.82, 2.24) is 10.2 Å². The molecule has 82 valence electrons. The summed E-state index contributed by atoms with van der Waals surface area (Å²) >= 11 is 0. The number of aromatic nitrogens is 2. The van der Waals surface area contributed by atoms with Gasteiger partial charge in [0.15, 0.2) is 0 Å². The summed E-state index contributed by atoms with van der Waals surface area (Å²) in [6, 6.07) is 1.49. The van der Waals surface area contributed by atoms with E-state index in [0.717, 1.165) is 5.69 Å². The van der Waals surface area contributed by atoms with Gasteiger partial charge in [-0.05, 0) is 17.9 Å². The molecule has 0 aliphatic carbocycles. The van der Waals surface area contributed by atoms with Crippen molar-refractivity contribution in [1.29, 1.82) is 0 Å². The first kappa shape index (κ1) is 11.4. The van der Waals surface area contributed by atoms with Gasteiger partial charge in [0, 0.05) is 5.69 Å². The first-order valence-corrected chi connectivity index (χ1v) is 4.61. The molecule has 1 aromatic rings. The van der Waals surface area contributed by atoms with Crippen LogP contribution in [0.4, 0.5) is 0 Å². The molecule has 2 N–H and O–H groups in total. The molecule has 0 saturated heterocycles. The van der Waals surface area contributed by atoms with Gasteiger partial charge in [0.25, 0.3) is 5.78 Å². The molecule has 0 radical (unpaired) electrons. The van der Waals surface area contributed by atoms with Crippen molar-refractivity contribution < 1.29 is 14.7 Å². The average Bonchev–Trinajstić information content (AvgIpc) is 2.48. The number of nitrogens with one attached hydrogen (secondary N) is 1. The molecule has 0 fully saturated rings. The van der Waals surface area contributed by atoms with Crippen LogP contribution in [0, 0.1) is 5.41 Å². The number of hydrogen-bond acceptors (Lipinski definition) is 3. The number of Topliss-reactive ketones (excluding diaryl/α,β-unsaturated/α-hetero) is 1. The number of aliphatic carboxylic acids is 1. The second-order valence-corrected chi connectivity index (χ2v) is 4.65. The van der Waals surface area contributed by atoms with E-state index in [-0.39, 0.29) is 11.1 Å². The molecule has 1 aromatic heterocycles. The standard InChI is InChI=1S/C10H14N2O3/c1-10(2,3)5-6-4-7(12-11-6)8(13)9(14)15/h4H,5H2,1-3H3,(H,11,12)(H,14,15). The van der Waals surface area contributed by atoms with Crippen molar-refractivity contribution >= 4 is 11.8 Å². The van der Waals surface area contributed by atoms with Crippen molar-refractivity contribution in [2.75, 3.05) is 0 Å². The third-order valence-corrected chi connectivity index (χ3v) is 1.78. The lowest BCUT2D eigenvalue weighted by atomic mass is 9.90. The summed E-state index contributed by atoms with van der Waals surface area (Å²) in [5.74, 6) is -2.46. The van der Waals surface area contributed by atoms with E-state index in [1.54, 1.807) is 0 Å². The van der Waals surface area contributed by atoms with Gasteiger partial charge in [-0.3, -0.25) is 9.89 Å². The summed E-state index contributed by atoms with van der Waals surface area (Å²) in [6.07, 6.45) is 0.715. The van der Waals surface area contributed by atoms with Gasteiger partial charge in [-0.15, -0.1) is 0 Å². The van der Waals surface area contributed by atoms with E-state index < -0.39 is 11.8 Å². The van der Waals surface area contributed by atoms with Crippen molar-refractivity contribution in [3.63, 3.8) is 0 Å². The van der Waals surface area contributed by atoms with Gasteiger partial charge in [0.2, 0.25) is 0 Å². The summed E-state index contributed by atoms with van der Waals surface area (Å²) in [5, 5.41) is 14.8. The van der Waals surface area contributed by atoms with E-state index in [1.165, 1.54) is 6.07 Å². The number of carbonyl (C=O) groups excluding carboxylic acids is 1. The summed E-state index contributed by atoms with van der Waals surface area (Å²) in [7, 11) is 0. The maximum atomic E-state index is 11.0. The minimum atomic E-state index is -1.48. The number of ketones is 1. The van der Waals surface area contributed by atoms with Crippen LogP contribution >= 0.6 is 0 Å². The lowest BCUT2D eigenvalue weighted by Gasteiger charge is -2.15. The lowest BCUT2D eigenvalue weighted by Crippen LogP contribution is -2.13. The Balaban J connectivity index is 2.81. The highest BCUT2D eigenvalue weighted by molar-refractivity contribution is 6.39. The number of aromatic amines is 1. The Morgan fingerprint density at radius 2 is 2.07 bits per heavy atom. The average molecular weight is 210 g/mol. The summed E-state index contributed by atoms with van der Waals surface area (Å²) < 4.78 is 0. The summed E-state index contributed by atoms with van der Waals surface area (Å²) in [5.41, 5.74) is 0.796. The number of hydrogen-bond donors (Lipinski definition) is 2. The molecule has 1 heterocycles. The maximum Gasteiger partial charge on any atom is 0.379 e. The molecular formula is C10H14N2O3. The largest absolute Gasteiger partial charge is 0.475 e. The van der Waals surface area contributed by atoms with Crippen molar-refractivity contribution in [3.8, 4) is 0 Å². The Bertz CT molecular complexity index is 388. The fourth-order valence-electron chi connectivity index (χ4n) is 1.25. The molecule has 0 unspecified atom stereocenters. The zero-order valence-corrected chi connectivity index (χ0v) is 9.00. The monoisotopic (exact) mass is 210 g/mol. The van der Waals surface area contributed by atoms with Crippen LogP contribution in [0.5, 0.6) is 0 Å². The Hall–Kier alpha value is -1.65. The Kier molecular flexibility index (Phi) is 2.93. The molecule has 0 spiro atoms. The first-order chi connectivity index (χ1) is 6.79. The highest BCUT2D eigenvalue weighted by Gasteiger charge is 2.19. The minimum Gasteiger partial charge on any atom is -0.475 e. The normalized spacial score (nSPS) is 11.4. The van der Waals surface area contributed by atoms with Crippen LogP contribution in [0.1, 0.15) is 37.0 Å². The maximum absolute atomic E-state index is 11.0. The second kappa shape index (κ2) is 3.84. The number of carboxylic acid groups (broad SMARTS) is 1. The summed E-state index contributed by atoms with van der Waals surface area (Å²) in [4.78, 5) is 21.4. The van der Waals surface area contributed by atoms with Crippen molar-refractivity contribution in [2.24, 2.45) is 5.41 Å². The van der Waals surface area contributed by atoms with E-state index in [4.69, 9.17) is 5.11 Å². The molecule has 1 rings (SSSR count). The van der Waals surface area contributed by atoms with Crippen LogP contribution < -0.4 is 0 Å². The van der Waals surface area contributed by atoms with Crippen molar-refractivity contribution in [2.45, 2.75) is 27.2 Å². The van der Waals surface area contributed by atoms with E-state index in [2.05, 4.69) is 10.2 Å². The predicted octanol–water partition coefficient (Wildman–Crippen LogP) is 1.27. The number of H-pyrrole nitrogens is 1. The topological polar surface area (TPSA) is 83.1 Å². The van der Waals surface area contributed by atoms with Crippen LogP contribution in [0.2, 0.25) is 0 Å². The van der Waals surface area contributed by atoms with Gasteiger partial charge in [0.1, 0.15) is 5.69 Å². The SMILES string of the molecule is CC(C)(C)Cc1cc(C(=O)C(=O)O)n[nH]1. The molecule has 0 aliphatic heterocycles. The lowest BCUT2D eigenvalue weighted by molar-refractivity contribution is -0.131. The smallest absolute Gasteiger partial charge is 0.379 e. The van der Waals surface area contributed by atoms with E-state index in [9.17, 15) is 9.59 Å². The molecule has 15 heavy (non-hydrogen) atoms. The van der Waals surface area contributed by atoms with Crippen LogP contribution in [-0.4, -0.2) is 27.1 Å². The van der Waals surface area contributed by atoms with Crippen LogP contribution in [0.3, 0.4) is 0 Å². The van der Waals surface area contributed by atoms with Gasteiger partial charge in [-0.1, -0.05) is 20.8 Å². The van der Waals surface area contributed by atoms with Crippen molar-refractivity contribution in [3.05, 3.63) is 17.5 Å². The Morgan fingerprint density at radius 1 is 1.47 bits per heavy atom. The van der Waals surface area contributed by atoms with Crippen LogP contribution in [0.15, 0.2) is 6.07 Å². The number of carboxylic acids is 1. The molecule has 0 bridgehead atoms. The van der Waals surface area contributed by atoms with E-state index in [0.29, 0.717) is 6.42 Å². The zero-order chi connectivity index (χ0) is 11.6. The molecule has 0 aliphatic rings. The predicted molar refractivity (Wildman–Crippen MR) is 53.7 cm³/mol. The minimum absolute atomic E-state index is 0.0400.